The Bertz CT molecular complexity index is 1100. The molecule has 2 aromatic rings. The Balaban J connectivity index is 1.73. The van der Waals surface area contributed by atoms with E-state index in [1.807, 2.05) is 24.3 Å². The van der Waals surface area contributed by atoms with Crippen LogP contribution in [0.3, 0.4) is 0 Å². The van der Waals surface area contributed by atoms with Gasteiger partial charge in [0.1, 0.15) is 0 Å². The highest BCUT2D eigenvalue weighted by atomic mass is 16.1. The van der Waals surface area contributed by atoms with E-state index in [1.165, 1.54) is 22.3 Å². The summed E-state index contributed by atoms with van der Waals surface area (Å²) in [5.41, 5.74) is 9.75. The van der Waals surface area contributed by atoms with Gasteiger partial charge in [-0.3, -0.25) is 4.79 Å². The minimum atomic E-state index is -0.127. The van der Waals surface area contributed by atoms with Gasteiger partial charge in [-0.05, 0) is 34.4 Å². The Hall–Kier alpha value is -3.20. The van der Waals surface area contributed by atoms with Gasteiger partial charge in [-0.2, -0.15) is 0 Å². The average Bonchev–Trinajstić information content (AvgIpc) is 3.27. The molecule has 1 N–H and O–H groups in total. The van der Waals surface area contributed by atoms with Crippen molar-refractivity contribution in [2.24, 2.45) is 4.99 Å². The Labute approximate surface area is 138 Å². The van der Waals surface area contributed by atoms with Gasteiger partial charge >= 0.3 is 0 Å². The normalized spacial score (nSPS) is 21.9. The summed E-state index contributed by atoms with van der Waals surface area (Å²) in [5, 5.41) is 3.64. The number of hydrogen-bond donors (Lipinski definition) is 1. The van der Waals surface area contributed by atoms with E-state index in [9.17, 15) is 4.79 Å². The van der Waals surface area contributed by atoms with Crippen molar-refractivity contribution in [1.82, 2.24) is 0 Å². The molecule has 2 aliphatic carbocycles. The van der Waals surface area contributed by atoms with Gasteiger partial charge in [-0.15, -0.1) is 0 Å². The van der Waals surface area contributed by atoms with Gasteiger partial charge in [0.25, 0.3) is 5.91 Å². The molecule has 1 atom stereocenters. The van der Waals surface area contributed by atoms with E-state index in [-0.39, 0.29) is 11.9 Å². The van der Waals surface area contributed by atoms with Crippen LogP contribution in [-0.2, 0) is 4.79 Å². The van der Waals surface area contributed by atoms with Gasteiger partial charge < -0.3 is 5.32 Å². The monoisotopic (exact) mass is 308 g/mol. The molecule has 2 aromatic carbocycles. The maximum Gasteiger partial charge on any atom is 0.278 e. The summed E-state index contributed by atoms with van der Waals surface area (Å²) < 4.78 is 0. The smallest absolute Gasteiger partial charge is 0.278 e. The molecular formula is C21H12N2O. The molecule has 3 nitrogen and oxygen atoms in total. The number of amides is 1. The highest BCUT2D eigenvalue weighted by molar-refractivity contribution is 6.29. The van der Waals surface area contributed by atoms with E-state index in [4.69, 9.17) is 0 Å². The predicted octanol–water partition coefficient (Wildman–Crippen LogP) is 3.71. The molecule has 2 aliphatic heterocycles. The largest absolute Gasteiger partial charge is 0.374 e. The van der Waals surface area contributed by atoms with Crippen LogP contribution in [-0.4, -0.2) is 18.2 Å². The summed E-state index contributed by atoms with van der Waals surface area (Å²) in [6, 6.07) is 16.6. The molecule has 0 saturated heterocycles. The molecule has 0 saturated carbocycles. The van der Waals surface area contributed by atoms with Gasteiger partial charge in [0, 0.05) is 28.6 Å². The van der Waals surface area contributed by atoms with E-state index in [2.05, 4.69) is 40.7 Å². The number of carbonyl (C=O) groups excluding carboxylic acids is 1. The first-order valence-electron chi connectivity index (χ1n) is 8.07. The standard InChI is InChI=1S/C21H12N2O/c24-21-19-15(10-22-21)18-13-7-3-4-8-16(13)23-20(18)14-9-11-5-1-2-6-12(11)17(14)19/h1-10,20,23H. The fourth-order valence-corrected chi connectivity index (χ4v) is 4.33. The SMILES string of the molecule is O=C1N=CC2=C3c4ccccc4NC3C3=Cc4ccccc4C3=C12. The molecule has 3 heteroatoms. The molecule has 1 amide bonds. The van der Waals surface area contributed by atoms with Crippen LogP contribution in [0.4, 0.5) is 5.69 Å². The molecule has 0 bridgehead atoms. The van der Waals surface area contributed by atoms with Crippen LogP contribution >= 0.6 is 0 Å². The van der Waals surface area contributed by atoms with Crippen LogP contribution in [0.15, 0.2) is 70.2 Å². The number of para-hydroxylation sites is 1. The minimum Gasteiger partial charge on any atom is -0.374 e. The van der Waals surface area contributed by atoms with Crippen LogP contribution < -0.4 is 5.32 Å². The second-order valence-electron chi connectivity index (χ2n) is 6.45. The van der Waals surface area contributed by atoms with Gasteiger partial charge in [0.2, 0.25) is 0 Å². The summed E-state index contributed by atoms with van der Waals surface area (Å²) in [6.45, 7) is 0. The number of fused-ring (bicyclic) bond motifs is 8. The summed E-state index contributed by atoms with van der Waals surface area (Å²) in [4.78, 5) is 16.6. The first kappa shape index (κ1) is 12.3. The lowest BCUT2D eigenvalue weighted by Crippen LogP contribution is -2.23. The fraction of sp³-hybridized carbons (Fsp3) is 0.0476. The van der Waals surface area contributed by atoms with E-state index in [0.29, 0.717) is 0 Å². The Morgan fingerprint density at radius 2 is 1.71 bits per heavy atom. The number of nitrogens with zero attached hydrogens (tertiary/aromatic N) is 1. The van der Waals surface area contributed by atoms with Gasteiger partial charge in [-0.1, -0.05) is 42.5 Å². The minimum absolute atomic E-state index is 0.0842. The molecular weight excluding hydrogens is 296 g/mol. The maximum absolute atomic E-state index is 12.5. The zero-order valence-electron chi connectivity index (χ0n) is 12.7. The second-order valence-corrected chi connectivity index (χ2v) is 6.45. The van der Waals surface area contributed by atoms with Crippen LogP contribution in [0, 0.1) is 0 Å². The Morgan fingerprint density at radius 3 is 2.62 bits per heavy atom. The third kappa shape index (κ3) is 1.30. The maximum atomic E-state index is 12.5. The van der Waals surface area contributed by atoms with Crippen molar-refractivity contribution in [2.75, 3.05) is 5.32 Å². The molecule has 2 heterocycles. The van der Waals surface area contributed by atoms with E-state index < -0.39 is 0 Å². The molecule has 0 aromatic heterocycles. The third-order valence-electron chi connectivity index (χ3n) is 5.28. The van der Waals surface area contributed by atoms with Crippen LogP contribution in [0.2, 0.25) is 0 Å². The van der Waals surface area contributed by atoms with Crippen molar-refractivity contribution in [3.05, 3.63) is 81.9 Å². The van der Waals surface area contributed by atoms with E-state index in [1.54, 1.807) is 6.21 Å². The molecule has 112 valence electrons. The third-order valence-corrected chi connectivity index (χ3v) is 5.28. The fourth-order valence-electron chi connectivity index (χ4n) is 4.33. The molecule has 1 unspecified atom stereocenters. The lowest BCUT2D eigenvalue weighted by molar-refractivity contribution is -0.113. The van der Waals surface area contributed by atoms with Crippen molar-refractivity contribution >= 4 is 35.0 Å². The number of aliphatic imine (C=N–C) groups is 1. The first-order chi connectivity index (χ1) is 11.8. The molecule has 0 spiro atoms. The lowest BCUT2D eigenvalue weighted by atomic mass is 9.79. The number of nitrogens with one attached hydrogen (secondary N) is 1. The highest BCUT2D eigenvalue weighted by Crippen LogP contribution is 2.53. The molecule has 6 rings (SSSR count). The first-order valence-corrected chi connectivity index (χ1v) is 8.07. The van der Waals surface area contributed by atoms with Gasteiger partial charge in [0.15, 0.2) is 0 Å². The summed E-state index contributed by atoms with van der Waals surface area (Å²) in [7, 11) is 0. The van der Waals surface area contributed by atoms with Crippen molar-refractivity contribution < 1.29 is 4.79 Å². The quantitative estimate of drug-likeness (QED) is 0.806. The zero-order valence-corrected chi connectivity index (χ0v) is 12.7. The Morgan fingerprint density at radius 1 is 0.917 bits per heavy atom. The molecule has 4 aliphatic rings. The summed E-state index contributed by atoms with van der Waals surface area (Å²) in [6.07, 6.45) is 3.96. The van der Waals surface area contributed by atoms with Crippen molar-refractivity contribution in [3.8, 4) is 0 Å². The van der Waals surface area contributed by atoms with Crippen molar-refractivity contribution in [2.45, 2.75) is 6.04 Å². The average molecular weight is 308 g/mol. The topological polar surface area (TPSA) is 41.5 Å². The number of rotatable bonds is 0. The summed E-state index contributed by atoms with van der Waals surface area (Å²) in [5.74, 6) is -0.127. The van der Waals surface area contributed by atoms with Gasteiger partial charge in [0.05, 0.1) is 11.6 Å². The van der Waals surface area contributed by atoms with E-state index in [0.717, 1.165) is 28.0 Å². The molecule has 0 fully saturated rings. The Kier molecular flexibility index (Phi) is 2.04. The summed E-state index contributed by atoms with van der Waals surface area (Å²) >= 11 is 0. The number of hydrogen-bond acceptors (Lipinski definition) is 2. The van der Waals surface area contributed by atoms with E-state index >= 15 is 0 Å². The van der Waals surface area contributed by atoms with Crippen molar-refractivity contribution in [1.29, 1.82) is 0 Å². The number of benzene rings is 2. The van der Waals surface area contributed by atoms with Crippen LogP contribution in [0.5, 0.6) is 0 Å². The number of anilines is 1. The lowest BCUT2D eigenvalue weighted by Gasteiger charge is -2.25. The van der Waals surface area contributed by atoms with Crippen LogP contribution in [0.1, 0.15) is 16.7 Å². The zero-order chi connectivity index (χ0) is 15.8. The van der Waals surface area contributed by atoms with Crippen molar-refractivity contribution in [3.63, 3.8) is 0 Å². The highest BCUT2D eigenvalue weighted by Gasteiger charge is 2.43. The molecule has 24 heavy (non-hydrogen) atoms. The van der Waals surface area contributed by atoms with Crippen LogP contribution in [0.25, 0.3) is 17.2 Å². The number of carbonyl (C=O) groups is 1. The van der Waals surface area contributed by atoms with Gasteiger partial charge in [-0.25, -0.2) is 4.99 Å². The predicted molar refractivity (Wildman–Crippen MR) is 95.6 cm³/mol. The second kappa shape index (κ2) is 4.01. The molecule has 0 radical (unpaired) electrons.